The van der Waals surface area contributed by atoms with E-state index in [-0.39, 0.29) is 18.4 Å². The molecule has 0 aliphatic rings. The fourth-order valence-corrected chi connectivity index (χ4v) is 3.11. The molecular formula is C22H18ClN3O. The largest absolute Gasteiger partial charge is 0.356 e. The van der Waals surface area contributed by atoms with Gasteiger partial charge in [0, 0.05) is 40.9 Å². The number of hydrogen-bond acceptors (Lipinski definition) is 4. The van der Waals surface area contributed by atoms with Gasteiger partial charge in [-0.25, -0.2) is 0 Å². The highest BCUT2D eigenvalue weighted by Crippen LogP contribution is 2.33. The predicted octanol–water partition coefficient (Wildman–Crippen LogP) is 4.54. The van der Waals surface area contributed by atoms with E-state index in [0.717, 1.165) is 33.5 Å². The van der Waals surface area contributed by atoms with Gasteiger partial charge in [0.25, 0.3) is 0 Å². The van der Waals surface area contributed by atoms with E-state index in [0.29, 0.717) is 12.0 Å². The number of rotatable bonds is 4. The first-order chi connectivity index (χ1) is 12.8. The highest BCUT2D eigenvalue weighted by atomic mass is 35.5. The normalized spacial score (nSPS) is 11.6. The van der Waals surface area contributed by atoms with Crippen molar-refractivity contribution >= 4 is 23.4 Å². The lowest BCUT2D eigenvalue weighted by molar-refractivity contribution is 0.459. The van der Waals surface area contributed by atoms with Gasteiger partial charge in [-0.05, 0) is 35.9 Å². The van der Waals surface area contributed by atoms with Gasteiger partial charge in [-0.1, -0.05) is 41.4 Å². The van der Waals surface area contributed by atoms with Gasteiger partial charge >= 0.3 is 0 Å². The summed E-state index contributed by atoms with van der Waals surface area (Å²) >= 11 is 0. The van der Waals surface area contributed by atoms with Crippen LogP contribution in [-0.4, -0.2) is 10.1 Å². The van der Waals surface area contributed by atoms with E-state index in [9.17, 15) is 0 Å². The molecule has 2 heterocycles. The third-order valence-corrected chi connectivity index (χ3v) is 4.41. The molecule has 1 unspecified atom stereocenters. The smallest absolute Gasteiger partial charge is 0.168 e. The number of halogens is 1. The van der Waals surface area contributed by atoms with E-state index in [2.05, 4.69) is 16.1 Å². The Morgan fingerprint density at radius 1 is 1.07 bits per heavy atom. The van der Waals surface area contributed by atoms with Crippen molar-refractivity contribution in [3.8, 4) is 23.6 Å². The van der Waals surface area contributed by atoms with Gasteiger partial charge in [0.05, 0.1) is 0 Å². The van der Waals surface area contributed by atoms with Crippen molar-refractivity contribution in [2.45, 2.75) is 12.5 Å². The summed E-state index contributed by atoms with van der Waals surface area (Å²) in [6.45, 7) is 0. The minimum atomic E-state index is -0.196. The Morgan fingerprint density at radius 2 is 1.89 bits per heavy atom. The molecule has 0 saturated carbocycles. The Hall–Kier alpha value is -3.13. The molecule has 2 aromatic carbocycles. The first-order valence-electron chi connectivity index (χ1n) is 8.37. The average molecular weight is 376 g/mol. The second-order valence-corrected chi connectivity index (χ2v) is 6.11. The van der Waals surface area contributed by atoms with Crippen molar-refractivity contribution in [3.05, 3.63) is 83.7 Å². The average Bonchev–Trinajstić information content (AvgIpc) is 3.11. The summed E-state index contributed by atoms with van der Waals surface area (Å²) in [4.78, 5) is 4.37. The molecule has 0 spiro atoms. The summed E-state index contributed by atoms with van der Waals surface area (Å²) < 4.78 is 5.50. The Balaban J connectivity index is 0.00000210. The molecule has 2 N–H and O–H groups in total. The van der Waals surface area contributed by atoms with Crippen LogP contribution in [0.2, 0.25) is 0 Å². The monoisotopic (exact) mass is 375 g/mol. The third-order valence-electron chi connectivity index (χ3n) is 4.41. The maximum Gasteiger partial charge on any atom is 0.168 e. The van der Waals surface area contributed by atoms with Gasteiger partial charge < -0.3 is 10.3 Å². The summed E-state index contributed by atoms with van der Waals surface area (Å²) in [6.07, 6.45) is 7.89. The summed E-state index contributed by atoms with van der Waals surface area (Å²) in [5.41, 5.74) is 11.6. The maximum absolute atomic E-state index is 6.50. The van der Waals surface area contributed by atoms with Gasteiger partial charge in [0.1, 0.15) is 5.69 Å². The van der Waals surface area contributed by atoms with E-state index in [1.54, 1.807) is 6.20 Å². The Labute approximate surface area is 163 Å². The quantitative estimate of drug-likeness (QED) is 0.532. The zero-order valence-electron chi connectivity index (χ0n) is 14.5. The van der Waals surface area contributed by atoms with Crippen molar-refractivity contribution in [2.24, 2.45) is 5.73 Å². The first-order valence-corrected chi connectivity index (χ1v) is 8.37. The molecule has 0 aliphatic heterocycles. The number of aromatic nitrogens is 2. The second kappa shape index (κ2) is 8.05. The Kier molecular flexibility index (Phi) is 5.56. The van der Waals surface area contributed by atoms with Crippen molar-refractivity contribution in [1.29, 1.82) is 0 Å². The molecule has 4 aromatic rings. The van der Waals surface area contributed by atoms with E-state index in [1.165, 1.54) is 0 Å². The van der Waals surface area contributed by atoms with Crippen LogP contribution in [0, 0.1) is 12.3 Å². The molecule has 0 saturated heterocycles. The molecule has 0 radical (unpaired) electrons. The molecule has 1 atom stereocenters. The van der Waals surface area contributed by atoms with Gasteiger partial charge in [-0.3, -0.25) is 4.98 Å². The van der Waals surface area contributed by atoms with Crippen LogP contribution < -0.4 is 5.73 Å². The topological polar surface area (TPSA) is 64.9 Å². The number of nitrogens with zero attached hydrogens (tertiary/aromatic N) is 2. The van der Waals surface area contributed by atoms with Gasteiger partial charge in [-0.15, -0.1) is 18.8 Å². The fourth-order valence-electron chi connectivity index (χ4n) is 3.11. The zero-order valence-corrected chi connectivity index (χ0v) is 15.3. The summed E-state index contributed by atoms with van der Waals surface area (Å²) in [6, 6.07) is 19.3. The van der Waals surface area contributed by atoms with Crippen LogP contribution in [0.3, 0.4) is 0 Å². The molecule has 27 heavy (non-hydrogen) atoms. The number of fused-ring (bicyclic) bond motifs is 1. The third kappa shape index (κ3) is 3.70. The molecule has 0 amide bonds. The van der Waals surface area contributed by atoms with Crippen LogP contribution in [0.5, 0.6) is 0 Å². The fraction of sp³-hybridized carbons (Fsp3) is 0.0909. The molecule has 134 valence electrons. The highest BCUT2D eigenvalue weighted by molar-refractivity contribution is 5.93. The van der Waals surface area contributed by atoms with Gasteiger partial charge in [0.2, 0.25) is 0 Å². The number of nitrogens with two attached hydrogens (primary N) is 1. The van der Waals surface area contributed by atoms with Crippen molar-refractivity contribution in [1.82, 2.24) is 10.1 Å². The van der Waals surface area contributed by atoms with Crippen molar-refractivity contribution in [3.63, 3.8) is 0 Å². The molecule has 4 nitrogen and oxygen atoms in total. The van der Waals surface area contributed by atoms with Crippen LogP contribution in [0.1, 0.15) is 22.9 Å². The first kappa shape index (κ1) is 18.7. The number of hydrogen-bond donors (Lipinski definition) is 1. The van der Waals surface area contributed by atoms with E-state index < -0.39 is 0 Å². The Morgan fingerprint density at radius 3 is 2.67 bits per heavy atom. The van der Waals surface area contributed by atoms with Crippen LogP contribution in [0.25, 0.3) is 22.2 Å². The van der Waals surface area contributed by atoms with E-state index in [4.69, 9.17) is 16.7 Å². The molecule has 5 heteroatoms. The molecule has 0 aliphatic carbocycles. The predicted molar refractivity (Wildman–Crippen MR) is 109 cm³/mol. The molecule has 2 aromatic heterocycles. The summed E-state index contributed by atoms with van der Waals surface area (Å²) in [5.74, 6) is 2.61. The molecule has 0 fully saturated rings. The standard InChI is InChI=1S/C22H17N3O.ClH/c1-2-15-10-11-19-21(13-15)26-25-22(19)18-9-4-3-8-17(18)20(23)14-16-7-5-6-12-24-16;/h1,3-13,20H,14,23H2;1H. The lowest BCUT2D eigenvalue weighted by atomic mass is 9.94. The Bertz CT molecular complexity index is 1100. The zero-order chi connectivity index (χ0) is 17.9. The lowest BCUT2D eigenvalue weighted by Gasteiger charge is -2.15. The number of benzene rings is 2. The van der Waals surface area contributed by atoms with E-state index in [1.807, 2.05) is 60.7 Å². The van der Waals surface area contributed by atoms with Crippen LogP contribution >= 0.6 is 12.4 Å². The van der Waals surface area contributed by atoms with Gasteiger partial charge in [0.15, 0.2) is 5.58 Å². The van der Waals surface area contributed by atoms with Crippen LogP contribution in [-0.2, 0) is 6.42 Å². The molecule has 4 rings (SSSR count). The maximum atomic E-state index is 6.50. The molecule has 0 bridgehead atoms. The van der Waals surface area contributed by atoms with Crippen LogP contribution in [0.4, 0.5) is 0 Å². The minimum Gasteiger partial charge on any atom is -0.356 e. The highest BCUT2D eigenvalue weighted by Gasteiger charge is 2.18. The van der Waals surface area contributed by atoms with Gasteiger partial charge in [-0.2, -0.15) is 0 Å². The van der Waals surface area contributed by atoms with Crippen molar-refractivity contribution < 1.29 is 4.52 Å². The summed E-state index contributed by atoms with van der Waals surface area (Å²) in [7, 11) is 0. The summed E-state index contributed by atoms with van der Waals surface area (Å²) in [5, 5.41) is 5.19. The SMILES string of the molecule is C#Cc1ccc2c(-c3ccccc3C(N)Cc3ccccn3)noc2c1.Cl. The minimum absolute atomic E-state index is 0. The van der Waals surface area contributed by atoms with E-state index >= 15 is 0 Å². The van der Waals surface area contributed by atoms with Crippen molar-refractivity contribution in [2.75, 3.05) is 0 Å². The lowest BCUT2D eigenvalue weighted by Crippen LogP contribution is -2.15. The number of terminal acetylenes is 1. The molecular weight excluding hydrogens is 358 g/mol. The van der Waals surface area contributed by atoms with Crippen LogP contribution in [0.15, 0.2) is 71.4 Å². The number of pyridine rings is 1. The second-order valence-electron chi connectivity index (χ2n) is 6.11.